The molecule has 0 aliphatic carbocycles. The Bertz CT molecular complexity index is 635. The van der Waals surface area contributed by atoms with Crippen LogP contribution < -0.4 is 16.4 Å². The first-order valence-electron chi connectivity index (χ1n) is 10.4. The van der Waals surface area contributed by atoms with Crippen LogP contribution in [0.3, 0.4) is 0 Å². The number of primary amides is 1. The second-order valence-electron chi connectivity index (χ2n) is 7.25. The number of nitrogens with one attached hydrogen (secondary N) is 2. The van der Waals surface area contributed by atoms with E-state index in [1.54, 1.807) is 6.07 Å². The molecule has 1 heterocycles. The molecule has 0 radical (unpaired) electrons. The van der Waals surface area contributed by atoms with Crippen molar-refractivity contribution in [1.29, 1.82) is 0 Å². The van der Waals surface area contributed by atoms with Gasteiger partial charge in [-0.15, -0.1) is 24.0 Å². The number of unbranched alkanes of at least 4 members (excludes halogenated alkanes) is 1. The van der Waals surface area contributed by atoms with Crippen LogP contribution in [0.25, 0.3) is 0 Å². The number of guanidine groups is 1. The van der Waals surface area contributed by atoms with Crippen molar-refractivity contribution in [3.63, 3.8) is 0 Å². The van der Waals surface area contributed by atoms with Crippen molar-refractivity contribution in [2.75, 3.05) is 39.3 Å². The molecule has 8 heteroatoms. The molecule has 4 N–H and O–H groups in total. The smallest absolute Gasteiger partial charge is 0.220 e. The standard InChI is InChI=1S/C21H34FN5O.HI/c1-2-24-21(26-13-9-17-7-3-4-8-19(17)22)25-12-5-6-14-27-15-10-18(11-16-27)20(23)28;/h3-4,7-8,18H,2,5-6,9-16H2,1H3,(H2,23,28)(H2,24,25,26);1H. The summed E-state index contributed by atoms with van der Waals surface area (Å²) in [5.74, 6) is 0.513. The fourth-order valence-corrected chi connectivity index (χ4v) is 3.44. The highest BCUT2D eigenvalue weighted by molar-refractivity contribution is 14.0. The lowest BCUT2D eigenvalue weighted by Crippen LogP contribution is -2.39. The Labute approximate surface area is 190 Å². The van der Waals surface area contributed by atoms with E-state index >= 15 is 0 Å². The second kappa shape index (κ2) is 14.5. The molecule has 0 spiro atoms. The van der Waals surface area contributed by atoms with Crippen LogP contribution in [0.1, 0.15) is 38.2 Å². The van der Waals surface area contributed by atoms with Gasteiger partial charge in [0, 0.05) is 25.6 Å². The van der Waals surface area contributed by atoms with E-state index < -0.39 is 0 Å². The van der Waals surface area contributed by atoms with E-state index in [1.807, 2.05) is 19.1 Å². The molecule has 0 atom stereocenters. The molecule has 0 aromatic heterocycles. The Hall–Kier alpha value is -1.42. The summed E-state index contributed by atoms with van der Waals surface area (Å²) in [6.45, 7) is 7.17. The largest absolute Gasteiger partial charge is 0.369 e. The molecule has 0 unspecified atom stereocenters. The van der Waals surface area contributed by atoms with Gasteiger partial charge in [0.2, 0.25) is 5.91 Å². The fourth-order valence-electron chi connectivity index (χ4n) is 3.44. The topological polar surface area (TPSA) is 82.8 Å². The monoisotopic (exact) mass is 519 g/mol. The molecule has 1 aliphatic rings. The quantitative estimate of drug-likeness (QED) is 0.192. The number of hydrogen-bond acceptors (Lipinski definition) is 3. The van der Waals surface area contributed by atoms with Crippen molar-refractivity contribution in [3.05, 3.63) is 35.6 Å². The highest BCUT2D eigenvalue weighted by Gasteiger charge is 2.22. The van der Waals surface area contributed by atoms with E-state index in [9.17, 15) is 9.18 Å². The van der Waals surface area contributed by atoms with Gasteiger partial charge in [-0.25, -0.2) is 4.39 Å². The molecule has 1 saturated heterocycles. The summed E-state index contributed by atoms with van der Waals surface area (Å²) in [6.07, 6.45) is 4.48. The summed E-state index contributed by atoms with van der Waals surface area (Å²) in [5, 5.41) is 6.50. The minimum atomic E-state index is -0.161. The third-order valence-electron chi connectivity index (χ3n) is 5.13. The lowest BCUT2D eigenvalue weighted by molar-refractivity contribution is -0.123. The molecule has 1 aromatic carbocycles. The van der Waals surface area contributed by atoms with Crippen molar-refractivity contribution < 1.29 is 9.18 Å². The van der Waals surface area contributed by atoms with E-state index in [2.05, 4.69) is 20.5 Å². The SMILES string of the molecule is CCNC(=NCCCCN1CCC(C(N)=O)CC1)NCCc1ccccc1F.I. The number of carbonyl (C=O) groups is 1. The van der Waals surface area contributed by atoms with Gasteiger partial charge in [-0.1, -0.05) is 18.2 Å². The molecular formula is C21H35FIN5O. The normalized spacial score (nSPS) is 15.6. The minimum absolute atomic E-state index is 0. The van der Waals surface area contributed by atoms with Crippen LogP contribution in [0.15, 0.2) is 29.3 Å². The average molecular weight is 519 g/mol. The number of nitrogens with zero attached hydrogens (tertiary/aromatic N) is 2. The van der Waals surface area contributed by atoms with E-state index in [-0.39, 0.29) is 41.6 Å². The number of hydrogen-bond donors (Lipinski definition) is 3. The van der Waals surface area contributed by atoms with Crippen molar-refractivity contribution in [3.8, 4) is 0 Å². The number of amides is 1. The minimum Gasteiger partial charge on any atom is -0.369 e. The lowest BCUT2D eigenvalue weighted by Gasteiger charge is -2.30. The third kappa shape index (κ3) is 9.75. The number of aliphatic imine (C=N–C) groups is 1. The van der Waals surface area contributed by atoms with E-state index in [0.717, 1.165) is 64.4 Å². The van der Waals surface area contributed by atoms with E-state index in [0.29, 0.717) is 18.5 Å². The van der Waals surface area contributed by atoms with Crippen LogP contribution in [-0.2, 0) is 11.2 Å². The highest BCUT2D eigenvalue weighted by atomic mass is 127. The first-order valence-corrected chi connectivity index (χ1v) is 10.4. The summed E-state index contributed by atoms with van der Waals surface area (Å²) in [5.41, 5.74) is 6.09. The molecular weight excluding hydrogens is 484 g/mol. The number of nitrogens with two attached hydrogens (primary N) is 1. The number of likely N-dealkylation sites (tertiary alicyclic amines) is 1. The van der Waals surface area contributed by atoms with Gasteiger partial charge in [-0.2, -0.15) is 0 Å². The summed E-state index contributed by atoms with van der Waals surface area (Å²) < 4.78 is 13.7. The molecule has 0 bridgehead atoms. The maximum Gasteiger partial charge on any atom is 0.220 e. The molecule has 1 amide bonds. The maximum absolute atomic E-state index is 13.7. The number of carbonyl (C=O) groups excluding carboxylic acids is 1. The average Bonchev–Trinajstić information content (AvgIpc) is 2.69. The Kier molecular flexibility index (Phi) is 12.8. The Morgan fingerprint density at radius 2 is 1.97 bits per heavy atom. The number of benzene rings is 1. The molecule has 1 aromatic rings. The van der Waals surface area contributed by atoms with Gasteiger partial charge in [0.15, 0.2) is 5.96 Å². The number of rotatable bonds is 10. The number of piperidine rings is 1. The molecule has 2 rings (SSSR count). The molecule has 0 saturated carbocycles. The lowest BCUT2D eigenvalue weighted by atomic mass is 9.96. The van der Waals surface area contributed by atoms with Crippen LogP contribution in [0.2, 0.25) is 0 Å². The maximum atomic E-state index is 13.7. The first-order chi connectivity index (χ1) is 13.6. The van der Waals surface area contributed by atoms with Crippen molar-refractivity contribution >= 4 is 35.8 Å². The van der Waals surface area contributed by atoms with Gasteiger partial charge in [0.05, 0.1) is 0 Å². The van der Waals surface area contributed by atoms with Crippen LogP contribution in [-0.4, -0.2) is 56.0 Å². The van der Waals surface area contributed by atoms with Gasteiger partial charge < -0.3 is 21.3 Å². The Morgan fingerprint density at radius 1 is 1.24 bits per heavy atom. The van der Waals surface area contributed by atoms with Crippen molar-refractivity contribution in [2.24, 2.45) is 16.6 Å². The molecule has 1 aliphatic heterocycles. The molecule has 164 valence electrons. The van der Waals surface area contributed by atoms with Crippen LogP contribution in [0.5, 0.6) is 0 Å². The van der Waals surface area contributed by atoms with Crippen LogP contribution >= 0.6 is 24.0 Å². The summed E-state index contributed by atoms with van der Waals surface area (Å²) in [6, 6.07) is 6.87. The predicted octanol–water partition coefficient (Wildman–Crippen LogP) is 2.52. The Morgan fingerprint density at radius 3 is 2.62 bits per heavy atom. The van der Waals surface area contributed by atoms with Gasteiger partial charge in [0.1, 0.15) is 5.82 Å². The highest BCUT2D eigenvalue weighted by Crippen LogP contribution is 2.16. The molecule has 1 fully saturated rings. The zero-order valence-corrected chi connectivity index (χ0v) is 19.7. The fraction of sp³-hybridized carbons (Fsp3) is 0.619. The summed E-state index contributed by atoms with van der Waals surface area (Å²) >= 11 is 0. The summed E-state index contributed by atoms with van der Waals surface area (Å²) in [4.78, 5) is 18.2. The first kappa shape index (κ1) is 25.6. The van der Waals surface area contributed by atoms with Crippen LogP contribution in [0, 0.1) is 11.7 Å². The van der Waals surface area contributed by atoms with Gasteiger partial charge in [0.25, 0.3) is 0 Å². The van der Waals surface area contributed by atoms with Gasteiger partial charge in [-0.05, 0) is 70.3 Å². The summed E-state index contributed by atoms with van der Waals surface area (Å²) in [7, 11) is 0. The van der Waals surface area contributed by atoms with Crippen molar-refractivity contribution in [2.45, 2.75) is 39.0 Å². The second-order valence-corrected chi connectivity index (χ2v) is 7.25. The molecule has 6 nitrogen and oxygen atoms in total. The van der Waals surface area contributed by atoms with Crippen LogP contribution in [0.4, 0.5) is 4.39 Å². The van der Waals surface area contributed by atoms with Gasteiger partial charge >= 0.3 is 0 Å². The van der Waals surface area contributed by atoms with E-state index in [4.69, 9.17) is 5.73 Å². The predicted molar refractivity (Wildman–Crippen MR) is 127 cm³/mol. The zero-order chi connectivity index (χ0) is 20.2. The zero-order valence-electron chi connectivity index (χ0n) is 17.3. The van der Waals surface area contributed by atoms with E-state index in [1.165, 1.54) is 6.07 Å². The number of halogens is 2. The van der Waals surface area contributed by atoms with Crippen molar-refractivity contribution in [1.82, 2.24) is 15.5 Å². The van der Waals surface area contributed by atoms with Gasteiger partial charge in [-0.3, -0.25) is 9.79 Å². The Balaban J connectivity index is 0.00000420. The molecule has 29 heavy (non-hydrogen) atoms. The third-order valence-corrected chi connectivity index (χ3v) is 5.13.